The third-order valence-corrected chi connectivity index (χ3v) is 5.24. The molecule has 0 spiro atoms. The maximum absolute atomic E-state index is 13.5. The van der Waals surface area contributed by atoms with E-state index in [0.29, 0.717) is 38.0 Å². The van der Waals surface area contributed by atoms with Gasteiger partial charge in [-0.2, -0.15) is 0 Å². The Morgan fingerprint density at radius 2 is 1.89 bits per heavy atom. The lowest BCUT2D eigenvalue weighted by atomic mass is 9.89. The predicted octanol–water partition coefficient (Wildman–Crippen LogP) is 3.90. The van der Waals surface area contributed by atoms with Crippen LogP contribution in [0.25, 0.3) is 0 Å². The Hall–Kier alpha value is -2.53. The Morgan fingerprint density at radius 1 is 1.15 bits per heavy atom. The lowest BCUT2D eigenvalue weighted by Crippen LogP contribution is -2.24. The fourth-order valence-corrected chi connectivity index (χ4v) is 3.74. The van der Waals surface area contributed by atoms with E-state index in [4.69, 9.17) is 0 Å². The number of carboxylic acid groups (broad SMARTS) is 1. The van der Waals surface area contributed by atoms with Crippen LogP contribution in [0, 0.1) is 18.7 Å². The maximum Gasteiger partial charge on any atom is 0.308 e. The lowest BCUT2D eigenvalue weighted by molar-refractivity contribution is -0.141. The van der Waals surface area contributed by atoms with Crippen molar-refractivity contribution >= 4 is 11.8 Å². The third kappa shape index (κ3) is 4.80. The quantitative estimate of drug-likeness (QED) is 0.752. The highest BCUT2D eigenvalue weighted by Crippen LogP contribution is 2.33. The minimum atomic E-state index is -0.859. The van der Waals surface area contributed by atoms with Crippen LogP contribution < -0.4 is 0 Å². The second-order valence-electron chi connectivity index (χ2n) is 7.26. The highest BCUT2D eigenvalue weighted by molar-refractivity contribution is 5.96. The number of aryl methyl sites for hydroxylation is 1. The summed E-state index contributed by atoms with van der Waals surface area (Å²) in [6.07, 6.45) is 1.11. The summed E-state index contributed by atoms with van der Waals surface area (Å²) in [6, 6.07) is 13.7. The van der Waals surface area contributed by atoms with Gasteiger partial charge >= 0.3 is 5.97 Å². The van der Waals surface area contributed by atoms with Crippen molar-refractivity contribution in [3.8, 4) is 0 Å². The molecule has 1 N–H and O–H groups in total. The minimum absolute atomic E-state index is 0.102. The predicted molar refractivity (Wildman–Crippen MR) is 101 cm³/mol. The first-order chi connectivity index (χ1) is 12.9. The molecule has 0 aromatic heterocycles. The van der Waals surface area contributed by atoms with Gasteiger partial charge in [-0.25, -0.2) is 4.39 Å². The fraction of sp³-hybridized carbons (Fsp3) is 0.364. The van der Waals surface area contributed by atoms with Crippen LogP contribution >= 0.6 is 0 Å². The van der Waals surface area contributed by atoms with Crippen molar-refractivity contribution in [3.05, 3.63) is 71.0 Å². The van der Waals surface area contributed by atoms with Crippen LogP contribution in [0.5, 0.6) is 0 Å². The SMILES string of the molecule is Cc1ccc(C(=O)CCCN2C[C@H](C(=O)O)[C@@H](c3cccc(F)c3)C2)cc1. The molecule has 3 rings (SSSR count). The molecule has 2 aromatic carbocycles. The molecule has 1 aliphatic heterocycles. The van der Waals surface area contributed by atoms with Gasteiger partial charge in [0.1, 0.15) is 5.82 Å². The van der Waals surface area contributed by atoms with Gasteiger partial charge in [0, 0.05) is 31.0 Å². The Morgan fingerprint density at radius 3 is 2.56 bits per heavy atom. The molecule has 1 saturated heterocycles. The average Bonchev–Trinajstić information content (AvgIpc) is 3.07. The zero-order valence-corrected chi connectivity index (χ0v) is 15.4. The number of Topliss-reactive ketones (excluding diaryl/α,β-unsaturated/α-hetero) is 1. The van der Waals surface area contributed by atoms with Crippen LogP contribution in [0.3, 0.4) is 0 Å². The van der Waals surface area contributed by atoms with Crippen LogP contribution in [-0.2, 0) is 4.79 Å². The molecule has 0 unspecified atom stereocenters. The van der Waals surface area contributed by atoms with E-state index in [0.717, 1.165) is 11.1 Å². The topological polar surface area (TPSA) is 57.6 Å². The molecular weight excluding hydrogens is 345 g/mol. The van der Waals surface area contributed by atoms with E-state index in [1.54, 1.807) is 12.1 Å². The molecule has 5 heteroatoms. The second-order valence-corrected chi connectivity index (χ2v) is 7.26. The number of benzene rings is 2. The van der Waals surface area contributed by atoms with Gasteiger partial charge in [0.25, 0.3) is 0 Å². The molecule has 0 bridgehead atoms. The van der Waals surface area contributed by atoms with Crippen molar-refractivity contribution in [3.63, 3.8) is 0 Å². The number of ketones is 1. The molecule has 4 nitrogen and oxygen atoms in total. The van der Waals surface area contributed by atoms with Crippen molar-refractivity contribution in [2.45, 2.75) is 25.7 Å². The maximum atomic E-state index is 13.5. The first kappa shape index (κ1) is 19.2. The number of hydrogen-bond donors (Lipinski definition) is 1. The van der Waals surface area contributed by atoms with Gasteiger partial charge in [0.15, 0.2) is 5.78 Å². The fourth-order valence-electron chi connectivity index (χ4n) is 3.74. The Labute approximate surface area is 158 Å². The van der Waals surface area contributed by atoms with Crippen molar-refractivity contribution in [1.82, 2.24) is 4.90 Å². The molecule has 0 radical (unpaired) electrons. The third-order valence-electron chi connectivity index (χ3n) is 5.24. The summed E-state index contributed by atoms with van der Waals surface area (Å²) in [5.41, 5.74) is 2.55. The van der Waals surface area contributed by atoms with E-state index in [1.807, 2.05) is 31.2 Å². The van der Waals surface area contributed by atoms with Gasteiger partial charge in [-0.15, -0.1) is 0 Å². The highest BCUT2D eigenvalue weighted by Gasteiger charge is 2.38. The summed E-state index contributed by atoms with van der Waals surface area (Å²) in [4.78, 5) is 26.0. The molecule has 2 atom stereocenters. The number of carbonyl (C=O) groups excluding carboxylic acids is 1. The highest BCUT2D eigenvalue weighted by atomic mass is 19.1. The van der Waals surface area contributed by atoms with Gasteiger partial charge < -0.3 is 10.0 Å². The van der Waals surface area contributed by atoms with E-state index in [-0.39, 0.29) is 17.5 Å². The smallest absolute Gasteiger partial charge is 0.308 e. The number of hydrogen-bond acceptors (Lipinski definition) is 3. The van der Waals surface area contributed by atoms with Gasteiger partial charge in [-0.1, -0.05) is 42.0 Å². The molecule has 0 saturated carbocycles. The number of rotatable bonds is 7. The molecule has 0 amide bonds. The van der Waals surface area contributed by atoms with Gasteiger partial charge in [-0.05, 0) is 37.6 Å². The Balaban J connectivity index is 1.57. The van der Waals surface area contributed by atoms with Crippen molar-refractivity contribution in [2.75, 3.05) is 19.6 Å². The number of aliphatic carboxylic acids is 1. The molecule has 142 valence electrons. The number of halogens is 1. The van der Waals surface area contributed by atoms with Crippen molar-refractivity contribution < 1.29 is 19.1 Å². The zero-order chi connectivity index (χ0) is 19.4. The van der Waals surface area contributed by atoms with Gasteiger partial charge in [-0.3, -0.25) is 9.59 Å². The standard InChI is InChI=1S/C22H24FNO3/c1-15-7-9-16(10-8-15)21(25)6-3-11-24-13-19(20(14-24)22(26)27)17-4-2-5-18(23)12-17/h2,4-5,7-10,12,19-20H,3,6,11,13-14H2,1H3,(H,26,27)/t19-,20+/m1/s1. The normalized spacial score (nSPS) is 19.9. The summed E-state index contributed by atoms with van der Waals surface area (Å²) in [5, 5.41) is 9.54. The van der Waals surface area contributed by atoms with E-state index in [1.165, 1.54) is 12.1 Å². The largest absolute Gasteiger partial charge is 0.481 e. The number of carbonyl (C=O) groups is 2. The van der Waals surface area contributed by atoms with Crippen molar-refractivity contribution in [1.29, 1.82) is 0 Å². The summed E-state index contributed by atoms with van der Waals surface area (Å²) >= 11 is 0. The van der Waals surface area contributed by atoms with Crippen LogP contribution in [-0.4, -0.2) is 41.4 Å². The van der Waals surface area contributed by atoms with Crippen molar-refractivity contribution in [2.24, 2.45) is 5.92 Å². The second kappa shape index (κ2) is 8.44. The van der Waals surface area contributed by atoms with Crippen LogP contribution in [0.15, 0.2) is 48.5 Å². The summed E-state index contributed by atoms with van der Waals surface area (Å²) in [7, 11) is 0. The summed E-state index contributed by atoms with van der Waals surface area (Å²) in [6.45, 7) is 3.64. The van der Waals surface area contributed by atoms with E-state index in [2.05, 4.69) is 4.90 Å². The molecule has 27 heavy (non-hydrogen) atoms. The molecule has 2 aromatic rings. The summed E-state index contributed by atoms with van der Waals surface area (Å²) in [5.74, 6) is -1.89. The lowest BCUT2D eigenvalue weighted by Gasteiger charge is -2.16. The van der Waals surface area contributed by atoms with E-state index >= 15 is 0 Å². The Bertz CT molecular complexity index is 819. The van der Waals surface area contributed by atoms with E-state index in [9.17, 15) is 19.1 Å². The molecule has 1 heterocycles. The zero-order valence-electron chi connectivity index (χ0n) is 15.4. The first-order valence-electron chi connectivity index (χ1n) is 9.24. The number of nitrogens with zero attached hydrogens (tertiary/aromatic N) is 1. The summed E-state index contributed by atoms with van der Waals surface area (Å²) < 4.78 is 13.5. The molecule has 0 aliphatic carbocycles. The number of carboxylic acids is 1. The molecular formula is C22H24FNO3. The Kier molecular flexibility index (Phi) is 6.01. The van der Waals surface area contributed by atoms with Gasteiger partial charge in [0.2, 0.25) is 0 Å². The molecule has 1 aliphatic rings. The minimum Gasteiger partial charge on any atom is -0.481 e. The average molecular weight is 369 g/mol. The number of likely N-dealkylation sites (tertiary alicyclic amines) is 1. The van der Waals surface area contributed by atoms with Crippen LogP contribution in [0.2, 0.25) is 0 Å². The van der Waals surface area contributed by atoms with Gasteiger partial charge in [0.05, 0.1) is 5.92 Å². The van der Waals surface area contributed by atoms with E-state index < -0.39 is 11.9 Å². The molecule has 1 fully saturated rings. The first-order valence-corrected chi connectivity index (χ1v) is 9.24. The van der Waals surface area contributed by atoms with Crippen LogP contribution in [0.1, 0.15) is 40.2 Å². The monoisotopic (exact) mass is 369 g/mol. The van der Waals surface area contributed by atoms with Crippen LogP contribution in [0.4, 0.5) is 4.39 Å².